The summed E-state index contributed by atoms with van der Waals surface area (Å²) in [4.78, 5) is -0.0128. The van der Waals surface area contributed by atoms with Crippen LogP contribution >= 0.6 is 23.2 Å². The van der Waals surface area contributed by atoms with Crippen molar-refractivity contribution in [1.82, 2.24) is 0 Å². The van der Waals surface area contributed by atoms with Crippen LogP contribution in [0.15, 0.2) is 41.3 Å². The maximum atomic E-state index is 13.2. The molecule has 0 N–H and O–H groups in total. The number of rotatable bonds is 4. The van der Waals surface area contributed by atoms with Crippen molar-refractivity contribution in [2.45, 2.75) is 31.2 Å². The summed E-state index contributed by atoms with van der Waals surface area (Å²) in [6.07, 6.45) is 0.664. The van der Waals surface area contributed by atoms with E-state index in [9.17, 15) is 8.42 Å². The van der Waals surface area contributed by atoms with E-state index in [4.69, 9.17) is 27.9 Å². The molecule has 1 heterocycles. The molecule has 0 aromatic heterocycles. The minimum atomic E-state index is -3.82. The standard InChI is InChI=1S/C17H17Cl2NO3S/c1-3-23-16-9-14(19)17(10-13(16)18)24(21,22)20-11(2)8-12-6-4-5-7-15(12)20/h4-7,9-11H,3,8H2,1-2H3. The Balaban J connectivity index is 2.11. The normalized spacial score (nSPS) is 17.0. The molecule has 0 aliphatic carbocycles. The first kappa shape index (κ1) is 17.4. The molecule has 2 aromatic carbocycles. The Hall–Kier alpha value is -1.43. The Morgan fingerprint density at radius 1 is 1.21 bits per heavy atom. The molecule has 2 aromatic rings. The molecule has 1 unspecified atom stereocenters. The maximum Gasteiger partial charge on any atom is 0.266 e. The van der Waals surface area contributed by atoms with Gasteiger partial charge < -0.3 is 4.74 Å². The van der Waals surface area contributed by atoms with Gasteiger partial charge in [0.05, 0.1) is 22.3 Å². The second-order valence-electron chi connectivity index (χ2n) is 5.63. The van der Waals surface area contributed by atoms with E-state index in [1.165, 1.54) is 16.4 Å². The quantitative estimate of drug-likeness (QED) is 0.776. The van der Waals surface area contributed by atoms with Crippen LogP contribution in [0.3, 0.4) is 0 Å². The van der Waals surface area contributed by atoms with Gasteiger partial charge in [-0.25, -0.2) is 8.42 Å². The molecule has 0 fully saturated rings. The van der Waals surface area contributed by atoms with E-state index in [1.54, 1.807) is 6.07 Å². The third kappa shape index (κ3) is 2.85. The first-order valence-electron chi connectivity index (χ1n) is 7.60. The number of halogens is 2. The molecule has 0 saturated carbocycles. The minimum Gasteiger partial charge on any atom is -0.492 e. The molecule has 1 aliphatic heterocycles. The number of hydrogen-bond acceptors (Lipinski definition) is 3. The summed E-state index contributed by atoms with van der Waals surface area (Å²) < 4.78 is 33.2. The van der Waals surface area contributed by atoms with E-state index in [2.05, 4.69) is 0 Å². The summed E-state index contributed by atoms with van der Waals surface area (Å²) in [5.74, 6) is 0.373. The lowest BCUT2D eigenvalue weighted by atomic mass is 10.1. The lowest BCUT2D eigenvalue weighted by Crippen LogP contribution is -2.35. The third-order valence-corrected chi connectivity index (χ3v) is 6.66. The maximum absolute atomic E-state index is 13.2. The van der Waals surface area contributed by atoms with Gasteiger partial charge in [0.2, 0.25) is 0 Å². The van der Waals surface area contributed by atoms with Crippen molar-refractivity contribution in [2.24, 2.45) is 0 Å². The van der Waals surface area contributed by atoms with Gasteiger partial charge in [-0.3, -0.25) is 4.31 Å². The largest absolute Gasteiger partial charge is 0.492 e. The summed E-state index contributed by atoms with van der Waals surface area (Å²) in [6, 6.07) is 10.1. The van der Waals surface area contributed by atoms with Gasteiger partial charge in [0, 0.05) is 12.1 Å². The molecule has 0 amide bonds. The molecular weight excluding hydrogens is 369 g/mol. The van der Waals surface area contributed by atoms with Gasteiger partial charge in [0.25, 0.3) is 10.0 Å². The van der Waals surface area contributed by atoms with Crippen molar-refractivity contribution in [3.05, 3.63) is 52.0 Å². The zero-order chi connectivity index (χ0) is 17.5. The van der Waals surface area contributed by atoms with E-state index in [1.807, 2.05) is 32.0 Å². The Morgan fingerprint density at radius 3 is 2.62 bits per heavy atom. The van der Waals surface area contributed by atoms with Gasteiger partial charge in [0.15, 0.2) is 0 Å². The number of hydrogen-bond donors (Lipinski definition) is 0. The number of sulfonamides is 1. The summed E-state index contributed by atoms with van der Waals surface area (Å²) in [5.41, 5.74) is 1.69. The zero-order valence-corrected chi connectivity index (χ0v) is 15.6. The highest BCUT2D eigenvalue weighted by Crippen LogP contribution is 2.40. The Morgan fingerprint density at radius 2 is 1.92 bits per heavy atom. The van der Waals surface area contributed by atoms with Crippen LogP contribution in [-0.4, -0.2) is 21.1 Å². The minimum absolute atomic E-state index is 0.0128. The first-order valence-corrected chi connectivity index (χ1v) is 9.80. The second-order valence-corrected chi connectivity index (χ2v) is 8.23. The van der Waals surface area contributed by atoms with Crippen molar-refractivity contribution in [3.8, 4) is 5.75 Å². The number of para-hydroxylation sites is 1. The fraction of sp³-hybridized carbons (Fsp3) is 0.294. The fourth-order valence-corrected chi connectivity index (χ4v) is 5.48. The van der Waals surface area contributed by atoms with Crippen LogP contribution in [-0.2, 0) is 16.4 Å². The van der Waals surface area contributed by atoms with E-state index >= 15 is 0 Å². The van der Waals surface area contributed by atoms with E-state index < -0.39 is 10.0 Å². The molecule has 0 saturated heterocycles. The van der Waals surface area contributed by atoms with Crippen LogP contribution in [0.1, 0.15) is 19.4 Å². The Labute approximate surface area is 152 Å². The third-order valence-electron chi connectivity index (χ3n) is 3.97. The SMILES string of the molecule is CCOc1cc(Cl)c(S(=O)(=O)N2c3ccccc3CC2C)cc1Cl. The molecule has 4 nitrogen and oxygen atoms in total. The van der Waals surface area contributed by atoms with E-state index in [0.717, 1.165) is 5.56 Å². The van der Waals surface area contributed by atoms with Gasteiger partial charge in [-0.1, -0.05) is 41.4 Å². The van der Waals surface area contributed by atoms with E-state index in [-0.39, 0.29) is 21.0 Å². The lowest BCUT2D eigenvalue weighted by Gasteiger charge is -2.25. The van der Waals surface area contributed by atoms with E-state index in [0.29, 0.717) is 24.5 Å². The molecule has 24 heavy (non-hydrogen) atoms. The summed E-state index contributed by atoms with van der Waals surface area (Å²) in [6.45, 7) is 4.11. The van der Waals surface area contributed by atoms with Gasteiger partial charge in [0.1, 0.15) is 10.6 Å². The average Bonchev–Trinajstić information content (AvgIpc) is 2.87. The number of benzene rings is 2. The number of nitrogens with zero attached hydrogens (tertiary/aromatic N) is 1. The van der Waals surface area contributed by atoms with Crippen LogP contribution in [0, 0.1) is 0 Å². The highest BCUT2D eigenvalue weighted by atomic mass is 35.5. The van der Waals surface area contributed by atoms with Crippen LogP contribution < -0.4 is 9.04 Å². The lowest BCUT2D eigenvalue weighted by molar-refractivity contribution is 0.340. The fourth-order valence-electron chi connectivity index (χ4n) is 2.98. The molecule has 3 rings (SSSR count). The van der Waals surface area contributed by atoms with Crippen LogP contribution in [0.2, 0.25) is 10.0 Å². The Bertz CT molecular complexity index is 883. The molecule has 7 heteroatoms. The van der Waals surface area contributed by atoms with Gasteiger partial charge >= 0.3 is 0 Å². The van der Waals surface area contributed by atoms with Crippen molar-refractivity contribution in [2.75, 3.05) is 10.9 Å². The topological polar surface area (TPSA) is 46.6 Å². The van der Waals surface area contributed by atoms with Crippen LogP contribution in [0.5, 0.6) is 5.75 Å². The van der Waals surface area contributed by atoms with Crippen molar-refractivity contribution in [1.29, 1.82) is 0 Å². The van der Waals surface area contributed by atoms with Crippen molar-refractivity contribution >= 4 is 38.9 Å². The molecule has 0 radical (unpaired) electrons. The molecule has 128 valence electrons. The molecule has 1 aliphatic rings. The molecule has 0 spiro atoms. The van der Waals surface area contributed by atoms with Crippen LogP contribution in [0.4, 0.5) is 5.69 Å². The number of fused-ring (bicyclic) bond motifs is 1. The van der Waals surface area contributed by atoms with Gasteiger partial charge in [-0.05, 0) is 38.0 Å². The summed E-state index contributed by atoms with van der Waals surface area (Å²) >= 11 is 12.4. The Kier molecular flexibility index (Phi) is 4.69. The molecular formula is C17H17Cl2NO3S. The van der Waals surface area contributed by atoms with Crippen molar-refractivity contribution in [3.63, 3.8) is 0 Å². The second kappa shape index (κ2) is 6.47. The smallest absolute Gasteiger partial charge is 0.266 e. The summed E-state index contributed by atoms with van der Waals surface area (Å²) in [7, 11) is -3.82. The predicted molar refractivity (Wildman–Crippen MR) is 96.9 cm³/mol. The number of ether oxygens (including phenoxy) is 1. The predicted octanol–water partition coefficient (Wildman–Crippen LogP) is 4.53. The molecule has 1 atom stereocenters. The molecule has 0 bridgehead atoms. The average molecular weight is 386 g/mol. The monoisotopic (exact) mass is 385 g/mol. The first-order chi connectivity index (χ1) is 11.4. The van der Waals surface area contributed by atoms with Crippen LogP contribution in [0.25, 0.3) is 0 Å². The number of anilines is 1. The summed E-state index contributed by atoms with van der Waals surface area (Å²) in [5, 5.41) is 0.319. The highest BCUT2D eigenvalue weighted by Gasteiger charge is 2.37. The van der Waals surface area contributed by atoms with Gasteiger partial charge in [-0.15, -0.1) is 0 Å². The highest BCUT2D eigenvalue weighted by molar-refractivity contribution is 7.93. The zero-order valence-electron chi connectivity index (χ0n) is 13.3. The van der Waals surface area contributed by atoms with Gasteiger partial charge in [-0.2, -0.15) is 0 Å². The van der Waals surface area contributed by atoms with Crippen molar-refractivity contribution < 1.29 is 13.2 Å².